The Hall–Kier alpha value is -2.21. The summed E-state index contributed by atoms with van der Waals surface area (Å²) in [4.78, 5) is 19.0. The maximum absolute atomic E-state index is 10.7. The molecule has 5 nitrogen and oxygen atoms in total. The fourth-order valence-electron chi connectivity index (χ4n) is 1.83. The maximum atomic E-state index is 10.7. The van der Waals surface area contributed by atoms with Gasteiger partial charge in [0, 0.05) is 23.4 Å². The van der Waals surface area contributed by atoms with Crippen molar-refractivity contribution in [3.8, 4) is 0 Å². The number of benzene rings is 1. The number of non-ortho nitro benzene ring substituents is 1. The van der Waals surface area contributed by atoms with Crippen molar-refractivity contribution < 1.29 is 4.92 Å². The van der Waals surface area contributed by atoms with E-state index in [4.69, 9.17) is 0 Å². The highest BCUT2D eigenvalue weighted by Gasteiger charge is 2.09. The minimum absolute atomic E-state index is 0.0776. The van der Waals surface area contributed by atoms with Crippen molar-refractivity contribution in [3.63, 3.8) is 0 Å². The zero-order valence-electron chi connectivity index (χ0n) is 9.29. The molecule has 6 heteroatoms. The molecule has 18 heavy (non-hydrogen) atoms. The average molecular weight is 259 g/mol. The third-order valence-corrected chi connectivity index (χ3v) is 3.52. The molecular weight excluding hydrogens is 250 g/mol. The van der Waals surface area contributed by atoms with Gasteiger partial charge in [-0.05, 0) is 17.5 Å². The van der Waals surface area contributed by atoms with Crippen molar-refractivity contribution in [1.82, 2.24) is 9.97 Å². The first-order valence-electron chi connectivity index (χ1n) is 5.38. The summed E-state index contributed by atoms with van der Waals surface area (Å²) >= 11 is 1.67. The van der Waals surface area contributed by atoms with E-state index in [0.717, 1.165) is 17.8 Å². The van der Waals surface area contributed by atoms with E-state index in [0.29, 0.717) is 5.52 Å². The fraction of sp³-hybridized carbons (Fsp3) is 0.0833. The number of H-pyrrole nitrogens is 1. The van der Waals surface area contributed by atoms with Crippen LogP contribution in [0.25, 0.3) is 11.0 Å². The molecular formula is C12H9N3O2S. The van der Waals surface area contributed by atoms with Crippen LogP contribution in [0, 0.1) is 10.1 Å². The Morgan fingerprint density at radius 2 is 2.28 bits per heavy atom. The molecule has 0 atom stereocenters. The molecule has 2 heterocycles. The van der Waals surface area contributed by atoms with Gasteiger partial charge in [0.1, 0.15) is 5.82 Å². The molecule has 0 bridgehead atoms. The quantitative estimate of drug-likeness (QED) is 0.580. The molecule has 3 aromatic rings. The normalized spacial score (nSPS) is 10.9. The van der Waals surface area contributed by atoms with Gasteiger partial charge < -0.3 is 4.98 Å². The van der Waals surface area contributed by atoms with Gasteiger partial charge in [0.15, 0.2) is 0 Å². The van der Waals surface area contributed by atoms with Crippen LogP contribution in [-0.2, 0) is 6.42 Å². The lowest BCUT2D eigenvalue weighted by Crippen LogP contribution is -1.87. The van der Waals surface area contributed by atoms with Crippen LogP contribution in [-0.4, -0.2) is 14.9 Å². The van der Waals surface area contributed by atoms with E-state index in [1.54, 1.807) is 17.4 Å². The molecule has 0 unspecified atom stereocenters. The van der Waals surface area contributed by atoms with Crippen LogP contribution in [0.4, 0.5) is 5.69 Å². The Labute approximate surface area is 106 Å². The number of hydrogen-bond acceptors (Lipinski definition) is 4. The number of nitro groups is 1. The molecule has 1 aromatic carbocycles. The lowest BCUT2D eigenvalue weighted by molar-refractivity contribution is -0.384. The molecule has 0 aliphatic rings. The molecule has 0 saturated heterocycles. The summed E-state index contributed by atoms with van der Waals surface area (Å²) in [6, 6.07) is 8.69. The first kappa shape index (κ1) is 10.9. The van der Waals surface area contributed by atoms with Crippen molar-refractivity contribution in [2.24, 2.45) is 0 Å². The third kappa shape index (κ3) is 1.98. The summed E-state index contributed by atoms with van der Waals surface area (Å²) in [5.41, 5.74) is 1.54. The van der Waals surface area contributed by atoms with Crippen molar-refractivity contribution in [1.29, 1.82) is 0 Å². The van der Waals surface area contributed by atoms with Crippen LogP contribution in [0.2, 0.25) is 0 Å². The van der Waals surface area contributed by atoms with E-state index >= 15 is 0 Å². The van der Waals surface area contributed by atoms with Gasteiger partial charge in [-0.15, -0.1) is 11.3 Å². The predicted molar refractivity (Wildman–Crippen MR) is 69.9 cm³/mol. The molecule has 2 aromatic heterocycles. The van der Waals surface area contributed by atoms with Crippen molar-refractivity contribution >= 4 is 28.1 Å². The van der Waals surface area contributed by atoms with Crippen LogP contribution >= 0.6 is 11.3 Å². The summed E-state index contributed by atoms with van der Waals surface area (Å²) in [7, 11) is 0. The Morgan fingerprint density at radius 1 is 1.39 bits per heavy atom. The zero-order valence-corrected chi connectivity index (χ0v) is 10.1. The van der Waals surface area contributed by atoms with E-state index in [1.165, 1.54) is 17.0 Å². The van der Waals surface area contributed by atoms with E-state index in [9.17, 15) is 10.1 Å². The summed E-state index contributed by atoms with van der Waals surface area (Å²) in [5, 5.41) is 12.7. The molecule has 0 aliphatic heterocycles. The second-order valence-electron chi connectivity index (χ2n) is 3.90. The third-order valence-electron chi connectivity index (χ3n) is 2.65. The minimum atomic E-state index is -0.404. The first-order chi connectivity index (χ1) is 8.72. The molecule has 0 amide bonds. The molecule has 0 fully saturated rings. The smallest absolute Gasteiger partial charge is 0.271 e. The number of nitro benzene ring substituents is 1. The number of imidazole rings is 1. The molecule has 0 radical (unpaired) electrons. The van der Waals surface area contributed by atoms with Crippen LogP contribution in [0.3, 0.4) is 0 Å². The highest BCUT2D eigenvalue weighted by Crippen LogP contribution is 2.20. The van der Waals surface area contributed by atoms with E-state index in [2.05, 4.69) is 9.97 Å². The summed E-state index contributed by atoms with van der Waals surface area (Å²) < 4.78 is 0. The second kappa shape index (κ2) is 4.23. The van der Waals surface area contributed by atoms with E-state index in [1.807, 2.05) is 17.5 Å². The number of nitrogens with zero attached hydrogens (tertiary/aromatic N) is 2. The van der Waals surface area contributed by atoms with Gasteiger partial charge >= 0.3 is 0 Å². The van der Waals surface area contributed by atoms with Gasteiger partial charge in [-0.3, -0.25) is 10.1 Å². The average Bonchev–Trinajstić information content (AvgIpc) is 2.96. The van der Waals surface area contributed by atoms with E-state index in [-0.39, 0.29) is 5.69 Å². The Kier molecular flexibility index (Phi) is 2.56. The Bertz CT molecular complexity index is 703. The van der Waals surface area contributed by atoms with Crippen LogP contribution in [0.15, 0.2) is 35.7 Å². The van der Waals surface area contributed by atoms with Crippen molar-refractivity contribution in [2.45, 2.75) is 6.42 Å². The Balaban J connectivity index is 1.98. The van der Waals surface area contributed by atoms with Gasteiger partial charge in [-0.1, -0.05) is 6.07 Å². The second-order valence-corrected chi connectivity index (χ2v) is 4.93. The van der Waals surface area contributed by atoms with Crippen LogP contribution < -0.4 is 0 Å². The number of aromatic amines is 1. The Morgan fingerprint density at radius 3 is 3.00 bits per heavy atom. The number of nitrogens with one attached hydrogen (secondary N) is 1. The SMILES string of the molecule is O=[N+]([O-])c1ccc2nc(Cc3cccs3)[nH]c2c1. The van der Waals surface area contributed by atoms with Crippen LogP contribution in [0.5, 0.6) is 0 Å². The monoisotopic (exact) mass is 259 g/mol. The van der Waals surface area contributed by atoms with Gasteiger partial charge in [0.25, 0.3) is 5.69 Å². The number of fused-ring (bicyclic) bond motifs is 1. The van der Waals surface area contributed by atoms with Gasteiger partial charge in [0.2, 0.25) is 0 Å². The van der Waals surface area contributed by atoms with E-state index < -0.39 is 4.92 Å². The first-order valence-corrected chi connectivity index (χ1v) is 6.26. The highest BCUT2D eigenvalue weighted by atomic mass is 32.1. The number of hydrogen-bond donors (Lipinski definition) is 1. The number of thiophene rings is 1. The fourth-order valence-corrected chi connectivity index (χ4v) is 2.54. The predicted octanol–water partition coefficient (Wildman–Crippen LogP) is 3.12. The minimum Gasteiger partial charge on any atom is -0.341 e. The topological polar surface area (TPSA) is 71.8 Å². The molecule has 1 N–H and O–H groups in total. The molecule has 0 aliphatic carbocycles. The van der Waals surface area contributed by atoms with Gasteiger partial charge in [0.05, 0.1) is 16.0 Å². The van der Waals surface area contributed by atoms with Crippen LogP contribution in [0.1, 0.15) is 10.7 Å². The van der Waals surface area contributed by atoms with Crippen molar-refractivity contribution in [2.75, 3.05) is 0 Å². The largest absolute Gasteiger partial charge is 0.341 e. The number of aromatic nitrogens is 2. The molecule has 3 rings (SSSR count). The summed E-state index contributed by atoms with van der Waals surface area (Å²) in [5.74, 6) is 0.827. The number of rotatable bonds is 3. The van der Waals surface area contributed by atoms with Crippen molar-refractivity contribution in [3.05, 3.63) is 56.5 Å². The zero-order chi connectivity index (χ0) is 12.5. The molecule has 0 saturated carbocycles. The van der Waals surface area contributed by atoms with Gasteiger partial charge in [-0.25, -0.2) is 4.98 Å². The summed E-state index contributed by atoms with van der Waals surface area (Å²) in [6.07, 6.45) is 0.722. The standard InChI is InChI=1S/C12H9N3O2S/c16-15(17)8-3-4-10-11(6-8)14-12(13-10)7-9-2-1-5-18-9/h1-6H,7H2,(H,13,14). The lowest BCUT2D eigenvalue weighted by atomic mass is 10.3. The maximum Gasteiger partial charge on any atom is 0.271 e. The molecule has 0 spiro atoms. The summed E-state index contributed by atoms with van der Waals surface area (Å²) in [6.45, 7) is 0. The lowest BCUT2D eigenvalue weighted by Gasteiger charge is -1.90. The van der Waals surface area contributed by atoms with Gasteiger partial charge in [-0.2, -0.15) is 0 Å². The molecule has 90 valence electrons. The highest BCUT2D eigenvalue weighted by molar-refractivity contribution is 7.09.